The molecular formula is C7H7HgNS2. The molecule has 0 aromatic heterocycles. The van der Waals surface area contributed by atoms with Crippen molar-refractivity contribution in [2.45, 2.75) is 0 Å². The SMILES string of the molecule is NC(=S)[S][Hg][c]1ccccc1. The molecule has 2 N–H and O–H groups in total. The molecule has 0 unspecified atom stereocenters. The van der Waals surface area contributed by atoms with Crippen LogP contribution >= 0.6 is 20.5 Å². The van der Waals surface area contributed by atoms with Gasteiger partial charge < -0.3 is 0 Å². The molecule has 0 fully saturated rings. The summed E-state index contributed by atoms with van der Waals surface area (Å²) in [7, 11) is 1.72. The van der Waals surface area contributed by atoms with Crippen molar-refractivity contribution in [3.8, 4) is 0 Å². The summed E-state index contributed by atoms with van der Waals surface area (Å²) >= 11 is 3.77. The molecule has 0 spiro atoms. The van der Waals surface area contributed by atoms with E-state index in [0.717, 1.165) is 0 Å². The fourth-order valence-electron chi connectivity index (χ4n) is 0.729. The Morgan fingerprint density at radius 1 is 1.36 bits per heavy atom. The third-order valence-electron chi connectivity index (χ3n) is 1.22. The number of benzene rings is 1. The van der Waals surface area contributed by atoms with E-state index in [1.54, 1.807) is 8.24 Å². The minimum absolute atomic E-state index is 0.607. The van der Waals surface area contributed by atoms with Crippen molar-refractivity contribution in [3.63, 3.8) is 0 Å². The second kappa shape index (κ2) is 5.11. The molecule has 0 bridgehead atoms. The molecule has 0 saturated carbocycles. The van der Waals surface area contributed by atoms with Crippen LogP contribution < -0.4 is 8.81 Å². The molecule has 11 heavy (non-hydrogen) atoms. The second-order valence-electron chi connectivity index (χ2n) is 2.09. The molecule has 0 radical (unpaired) electrons. The van der Waals surface area contributed by atoms with Crippen LogP contribution in [0.1, 0.15) is 0 Å². The van der Waals surface area contributed by atoms with Crippen molar-refractivity contribution in [1.29, 1.82) is 0 Å². The topological polar surface area (TPSA) is 26.0 Å². The summed E-state index contributed by atoms with van der Waals surface area (Å²) in [4.78, 5) is 0. The number of thiocarbonyl (C=S) groups is 1. The summed E-state index contributed by atoms with van der Waals surface area (Å²) in [6.45, 7) is 0. The normalized spacial score (nSPS) is 8.73. The predicted molar refractivity (Wildman–Crippen MR) is 50.5 cm³/mol. The summed E-state index contributed by atoms with van der Waals surface area (Å²) in [6.07, 6.45) is 0. The van der Waals surface area contributed by atoms with E-state index in [2.05, 4.69) is 24.3 Å². The summed E-state index contributed by atoms with van der Waals surface area (Å²) < 4.78 is 2.08. The van der Waals surface area contributed by atoms with Crippen LogP contribution in [-0.2, 0) is 23.1 Å². The van der Waals surface area contributed by atoms with Gasteiger partial charge in [0.15, 0.2) is 0 Å². The van der Waals surface area contributed by atoms with Crippen molar-refractivity contribution in [3.05, 3.63) is 30.3 Å². The molecule has 1 rings (SSSR count). The van der Waals surface area contributed by atoms with Crippen LogP contribution in [-0.4, -0.2) is 4.32 Å². The fourth-order valence-corrected chi connectivity index (χ4v) is 9.69. The van der Waals surface area contributed by atoms with Crippen molar-refractivity contribution in [2.24, 2.45) is 5.73 Å². The van der Waals surface area contributed by atoms with Gasteiger partial charge in [-0.25, -0.2) is 0 Å². The zero-order valence-corrected chi connectivity index (χ0v) is 13.1. The Bertz CT molecular complexity index is 237. The standard InChI is InChI=1S/C6H5.CH3NS2.Hg/c1-2-4-6-5-3-1;2-1(3)4;/h1-5H;(H3,2,3,4);/q;;+1/p-1. The molecule has 0 aliphatic heterocycles. The fraction of sp³-hybridized carbons (Fsp3) is 0. The molecule has 0 heterocycles. The van der Waals surface area contributed by atoms with E-state index in [1.807, 2.05) is 6.07 Å². The van der Waals surface area contributed by atoms with Gasteiger partial charge in [0.25, 0.3) is 0 Å². The average Bonchev–Trinajstić information content (AvgIpc) is 2.03. The first-order valence-electron chi connectivity index (χ1n) is 3.25. The summed E-state index contributed by atoms with van der Waals surface area (Å²) in [5, 5.41) is 0. The van der Waals surface area contributed by atoms with Crippen molar-refractivity contribution in [2.75, 3.05) is 0 Å². The molecule has 1 nitrogen and oxygen atoms in total. The van der Waals surface area contributed by atoms with E-state index in [4.69, 9.17) is 18.0 Å². The van der Waals surface area contributed by atoms with E-state index in [1.165, 1.54) is 3.07 Å². The van der Waals surface area contributed by atoms with Crippen LogP contribution in [0.25, 0.3) is 0 Å². The Kier molecular flexibility index (Phi) is 4.41. The monoisotopic (exact) mass is 371 g/mol. The third-order valence-corrected chi connectivity index (χ3v) is 15.8. The van der Waals surface area contributed by atoms with E-state index in [-0.39, 0.29) is 0 Å². The maximum absolute atomic E-state index is 5.39. The first-order chi connectivity index (χ1) is 5.29. The molecule has 0 amide bonds. The van der Waals surface area contributed by atoms with Crippen LogP contribution in [0.3, 0.4) is 0 Å². The molecule has 4 heteroatoms. The van der Waals surface area contributed by atoms with Crippen LogP contribution in [0.15, 0.2) is 30.3 Å². The average molecular weight is 370 g/mol. The quantitative estimate of drug-likeness (QED) is 0.628. The number of hydrogen-bond acceptors (Lipinski definition) is 2. The van der Waals surface area contributed by atoms with Gasteiger partial charge in [-0.15, -0.1) is 0 Å². The first kappa shape index (κ1) is 9.48. The van der Waals surface area contributed by atoms with Gasteiger partial charge >= 0.3 is 87.0 Å². The molecule has 0 atom stereocenters. The van der Waals surface area contributed by atoms with Gasteiger partial charge in [0.2, 0.25) is 0 Å². The Hall–Kier alpha value is 0.395. The number of rotatable bonds is 2. The van der Waals surface area contributed by atoms with Crippen molar-refractivity contribution < 1.29 is 23.1 Å². The number of hydrogen-bond donors (Lipinski definition) is 1. The van der Waals surface area contributed by atoms with E-state index in [0.29, 0.717) is 4.32 Å². The van der Waals surface area contributed by atoms with Crippen LogP contribution in [0, 0.1) is 0 Å². The van der Waals surface area contributed by atoms with Crippen molar-refractivity contribution in [1.82, 2.24) is 0 Å². The Morgan fingerprint density at radius 3 is 2.55 bits per heavy atom. The van der Waals surface area contributed by atoms with Crippen LogP contribution in [0.2, 0.25) is 0 Å². The molecule has 1 aromatic carbocycles. The third kappa shape index (κ3) is 4.08. The van der Waals surface area contributed by atoms with Gasteiger partial charge in [0.1, 0.15) is 0 Å². The van der Waals surface area contributed by atoms with Gasteiger partial charge in [-0.3, -0.25) is 0 Å². The second-order valence-corrected chi connectivity index (χ2v) is 13.7. The van der Waals surface area contributed by atoms with E-state index >= 15 is 0 Å². The molecule has 54 valence electrons. The Morgan fingerprint density at radius 2 is 2.00 bits per heavy atom. The van der Waals surface area contributed by atoms with Gasteiger partial charge in [-0.05, 0) is 0 Å². The van der Waals surface area contributed by atoms with E-state index in [9.17, 15) is 0 Å². The van der Waals surface area contributed by atoms with E-state index < -0.39 is 23.1 Å². The molecule has 0 aliphatic rings. The Balaban J connectivity index is 2.45. The van der Waals surface area contributed by atoms with Crippen molar-refractivity contribution >= 4 is 27.9 Å². The molecular weight excluding hydrogens is 363 g/mol. The molecule has 1 aromatic rings. The first-order valence-corrected chi connectivity index (χ1v) is 14.1. The predicted octanol–water partition coefficient (Wildman–Crippen LogP) is 1.29. The van der Waals surface area contributed by atoms with Gasteiger partial charge in [0.05, 0.1) is 0 Å². The van der Waals surface area contributed by atoms with Crippen LogP contribution in [0.4, 0.5) is 0 Å². The van der Waals surface area contributed by atoms with Gasteiger partial charge in [0, 0.05) is 0 Å². The number of nitrogens with two attached hydrogens (primary N) is 1. The minimum atomic E-state index is -1.02. The van der Waals surface area contributed by atoms with Gasteiger partial charge in [-0.2, -0.15) is 0 Å². The summed E-state index contributed by atoms with van der Waals surface area (Å²) in [5.41, 5.74) is 5.39. The Labute approximate surface area is 86.3 Å². The summed E-state index contributed by atoms with van der Waals surface area (Å²) in [6, 6.07) is 10.5. The zero-order chi connectivity index (χ0) is 8.10. The summed E-state index contributed by atoms with van der Waals surface area (Å²) in [5.74, 6) is 0. The molecule has 0 saturated heterocycles. The maximum atomic E-state index is 5.39. The zero-order valence-electron chi connectivity index (χ0n) is 5.99. The van der Waals surface area contributed by atoms with Gasteiger partial charge in [-0.1, -0.05) is 0 Å². The molecule has 0 aliphatic carbocycles. The van der Waals surface area contributed by atoms with Crippen LogP contribution in [0.5, 0.6) is 0 Å².